The summed E-state index contributed by atoms with van der Waals surface area (Å²) in [7, 11) is 1.95. The van der Waals surface area contributed by atoms with Gasteiger partial charge in [-0.15, -0.1) is 0 Å². The van der Waals surface area contributed by atoms with Gasteiger partial charge in [0.1, 0.15) is 0 Å². The molecule has 0 saturated heterocycles. The van der Waals surface area contributed by atoms with Crippen LogP contribution in [-0.4, -0.2) is 24.8 Å². The van der Waals surface area contributed by atoms with Crippen LogP contribution in [-0.2, 0) is 0 Å². The maximum atomic E-state index is 8.65. The highest BCUT2D eigenvalue weighted by Gasteiger charge is 2.27. The Balaban J connectivity index is 2.16. The molecule has 48 valence electrons. The number of aliphatic hydroxyl groups excluding tert-OH is 1. The van der Waals surface area contributed by atoms with Crippen LogP contribution >= 0.6 is 0 Å². The molecule has 0 bridgehead atoms. The molecule has 0 radical (unpaired) electrons. The van der Waals surface area contributed by atoms with E-state index in [-0.39, 0.29) is 0 Å². The molecule has 0 spiro atoms. The Bertz CT molecular complexity index is 60.9. The molecule has 8 heavy (non-hydrogen) atoms. The fourth-order valence-corrected chi connectivity index (χ4v) is 1.17. The Labute approximate surface area is 49.9 Å². The van der Waals surface area contributed by atoms with E-state index in [4.69, 9.17) is 5.11 Å². The van der Waals surface area contributed by atoms with Crippen molar-refractivity contribution in [3.8, 4) is 0 Å². The highest BCUT2D eigenvalue weighted by Crippen LogP contribution is 2.25. The van der Waals surface area contributed by atoms with Crippen molar-refractivity contribution in [3.05, 3.63) is 0 Å². The van der Waals surface area contributed by atoms with Crippen molar-refractivity contribution in [1.29, 1.82) is 0 Å². The molecule has 2 nitrogen and oxygen atoms in total. The first-order valence-corrected chi connectivity index (χ1v) is 3.16. The molecule has 1 aliphatic carbocycles. The molecule has 0 aromatic rings. The van der Waals surface area contributed by atoms with Crippen molar-refractivity contribution < 1.29 is 5.11 Å². The third-order valence-electron chi connectivity index (χ3n) is 2.02. The largest absolute Gasteiger partial charge is 0.396 e. The summed E-state index contributed by atoms with van der Waals surface area (Å²) in [5.74, 6) is 0.542. The van der Waals surface area contributed by atoms with Crippen LogP contribution in [0.15, 0.2) is 0 Å². The zero-order valence-electron chi connectivity index (χ0n) is 5.22. The molecule has 0 heterocycles. The van der Waals surface area contributed by atoms with Crippen LogP contribution in [0.4, 0.5) is 0 Å². The summed E-state index contributed by atoms with van der Waals surface area (Å²) in [4.78, 5) is 0. The summed E-state index contributed by atoms with van der Waals surface area (Å²) in [6.45, 7) is 0.353. The molecule has 2 atom stereocenters. The maximum absolute atomic E-state index is 8.65. The summed E-state index contributed by atoms with van der Waals surface area (Å²) in [5, 5.41) is 11.8. The van der Waals surface area contributed by atoms with Crippen LogP contribution in [0.3, 0.4) is 0 Å². The molecule has 1 fully saturated rings. The SMILES string of the molecule is CN[C@H]1CC[C@H]1CO. The summed E-state index contributed by atoms with van der Waals surface area (Å²) in [6, 6.07) is 0.597. The Kier molecular flexibility index (Phi) is 1.86. The van der Waals surface area contributed by atoms with E-state index < -0.39 is 0 Å². The molecule has 0 unspecified atom stereocenters. The predicted octanol–water partition coefficient (Wildman–Crippen LogP) is -0.0233. The third-order valence-corrected chi connectivity index (χ3v) is 2.02. The van der Waals surface area contributed by atoms with Gasteiger partial charge in [0.15, 0.2) is 0 Å². The van der Waals surface area contributed by atoms with Crippen LogP contribution < -0.4 is 5.32 Å². The Morgan fingerprint density at radius 2 is 2.38 bits per heavy atom. The first-order valence-electron chi connectivity index (χ1n) is 3.16. The quantitative estimate of drug-likeness (QED) is 0.530. The molecule has 0 aliphatic heterocycles. The van der Waals surface area contributed by atoms with Gasteiger partial charge in [-0.3, -0.25) is 0 Å². The molecule has 0 amide bonds. The lowest BCUT2D eigenvalue weighted by atomic mass is 9.80. The van der Waals surface area contributed by atoms with E-state index in [2.05, 4.69) is 5.32 Å². The second-order valence-corrected chi connectivity index (χ2v) is 2.42. The number of hydrogen-bond donors (Lipinski definition) is 2. The number of aliphatic hydroxyl groups is 1. The van der Waals surface area contributed by atoms with Crippen molar-refractivity contribution in [3.63, 3.8) is 0 Å². The molecule has 1 saturated carbocycles. The molecule has 0 aromatic heterocycles. The zero-order chi connectivity index (χ0) is 5.98. The minimum absolute atomic E-state index is 0.353. The molecule has 2 heteroatoms. The van der Waals surface area contributed by atoms with Crippen LogP contribution in [0.1, 0.15) is 12.8 Å². The fraction of sp³-hybridized carbons (Fsp3) is 1.00. The van der Waals surface area contributed by atoms with E-state index in [1.54, 1.807) is 0 Å². The Morgan fingerprint density at radius 3 is 2.50 bits per heavy atom. The van der Waals surface area contributed by atoms with E-state index >= 15 is 0 Å². The summed E-state index contributed by atoms with van der Waals surface area (Å²) in [6.07, 6.45) is 2.43. The molecule has 0 aromatic carbocycles. The molecule has 2 N–H and O–H groups in total. The predicted molar refractivity (Wildman–Crippen MR) is 32.7 cm³/mol. The zero-order valence-corrected chi connectivity index (χ0v) is 5.22. The van der Waals surface area contributed by atoms with Crippen molar-refractivity contribution in [2.45, 2.75) is 18.9 Å². The lowest BCUT2D eigenvalue weighted by Gasteiger charge is -2.34. The normalized spacial score (nSPS) is 36.8. The Hall–Kier alpha value is -0.0800. The molecule has 1 aliphatic rings. The van der Waals surface area contributed by atoms with E-state index in [1.807, 2.05) is 7.05 Å². The monoisotopic (exact) mass is 115 g/mol. The highest BCUT2D eigenvalue weighted by molar-refractivity contribution is 4.84. The second kappa shape index (κ2) is 2.46. The minimum Gasteiger partial charge on any atom is -0.396 e. The van der Waals surface area contributed by atoms with Gasteiger partial charge in [-0.2, -0.15) is 0 Å². The topological polar surface area (TPSA) is 32.3 Å². The second-order valence-electron chi connectivity index (χ2n) is 2.42. The van der Waals surface area contributed by atoms with E-state index in [9.17, 15) is 0 Å². The molecular formula is C6H13NO. The smallest absolute Gasteiger partial charge is 0.0474 e. The van der Waals surface area contributed by atoms with Crippen molar-refractivity contribution in [1.82, 2.24) is 5.32 Å². The van der Waals surface area contributed by atoms with Gasteiger partial charge in [-0.25, -0.2) is 0 Å². The van der Waals surface area contributed by atoms with E-state index in [1.165, 1.54) is 12.8 Å². The number of rotatable bonds is 2. The minimum atomic E-state index is 0.353. The molecular weight excluding hydrogens is 102 g/mol. The lowest BCUT2D eigenvalue weighted by molar-refractivity contribution is 0.121. The van der Waals surface area contributed by atoms with Crippen LogP contribution in [0, 0.1) is 5.92 Å². The fourth-order valence-electron chi connectivity index (χ4n) is 1.17. The highest BCUT2D eigenvalue weighted by atomic mass is 16.3. The summed E-state index contributed by atoms with van der Waals surface area (Å²) in [5.41, 5.74) is 0. The van der Waals surface area contributed by atoms with Gasteiger partial charge in [0.05, 0.1) is 0 Å². The van der Waals surface area contributed by atoms with E-state index in [0.29, 0.717) is 18.6 Å². The first kappa shape index (κ1) is 6.05. The van der Waals surface area contributed by atoms with Gasteiger partial charge in [0.25, 0.3) is 0 Å². The average Bonchev–Trinajstić information content (AvgIpc) is 1.66. The van der Waals surface area contributed by atoms with Gasteiger partial charge in [-0.1, -0.05) is 0 Å². The number of nitrogens with one attached hydrogen (secondary N) is 1. The van der Waals surface area contributed by atoms with Gasteiger partial charge < -0.3 is 10.4 Å². The van der Waals surface area contributed by atoms with Gasteiger partial charge in [-0.05, 0) is 25.8 Å². The Morgan fingerprint density at radius 1 is 1.62 bits per heavy atom. The van der Waals surface area contributed by atoms with Crippen LogP contribution in [0.25, 0.3) is 0 Å². The summed E-state index contributed by atoms with van der Waals surface area (Å²) < 4.78 is 0. The van der Waals surface area contributed by atoms with Gasteiger partial charge in [0.2, 0.25) is 0 Å². The molecule has 1 rings (SSSR count). The first-order chi connectivity index (χ1) is 3.88. The van der Waals surface area contributed by atoms with Crippen LogP contribution in [0.5, 0.6) is 0 Å². The summed E-state index contributed by atoms with van der Waals surface area (Å²) >= 11 is 0. The average molecular weight is 115 g/mol. The van der Waals surface area contributed by atoms with Crippen molar-refractivity contribution in [2.24, 2.45) is 5.92 Å². The van der Waals surface area contributed by atoms with Gasteiger partial charge >= 0.3 is 0 Å². The van der Waals surface area contributed by atoms with Crippen LogP contribution in [0.2, 0.25) is 0 Å². The maximum Gasteiger partial charge on any atom is 0.0474 e. The van der Waals surface area contributed by atoms with E-state index in [0.717, 1.165) is 0 Å². The standard InChI is InChI=1S/C6H13NO/c1-7-6-3-2-5(6)4-8/h5-8H,2-4H2,1H3/t5-,6-/m0/s1. The van der Waals surface area contributed by atoms with Gasteiger partial charge in [0, 0.05) is 12.6 Å². The van der Waals surface area contributed by atoms with Crippen molar-refractivity contribution in [2.75, 3.05) is 13.7 Å². The van der Waals surface area contributed by atoms with Crippen molar-refractivity contribution >= 4 is 0 Å². The third kappa shape index (κ3) is 0.858. The lowest BCUT2D eigenvalue weighted by Crippen LogP contribution is -2.43. The number of hydrogen-bond acceptors (Lipinski definition) is 2.